The van der Waals surface area contributed by atoms with Gasteiger partial charge in [-0.15, -0.1) is 5.10 Å². The van der Waals surface area contributed by atoms with Crippen molar-refractivity contribution < 1.29 is 9.53 Å². The standard InChI is InChI=1S/C21H24N4O2/c1-15(2)11-12-27-14-16-7-6-10-18(13-16)25-21(17-8-4-3-5-9-17)23-20(24-25)19(22)26/h3-10,13,15H,11-12,14H2,1-2H3,(H2,22,26). The number of nitrogens with two attached hydrogens (primary N) is 1. The van der Waals surface area contributed by atoms with Crippen LogP contribution in [0.15, 0.2) is 54.6 Å². The van der Waals surface area contributed by atoms with Gasteiger partial charge in [0.25, 0.3) is 5.91 Å². The summed E-state index contributed by atoms with van der Waals surface area (Å²) < 4.78 is 7.41. The van der Waals surface area contributed by atoms with Gasteiger partial charge in [-0.1, -0.05) is 56.3 Å². The lowest BCUT2D eigenvalue weighted by atomic mass is 10.1. The van der Waals surface area contributed by atoms with Crippen LogP contribution in [0.5, 0.6) is 0 Å². The third-order valence-corrected chi connectivity index (χ3v) is 4.12. The van der Waals surface area contributed by atoms with E-state index in [0.29, 0.717) is 18.3 Å². The molecule has 0 aliphatic heterocycles. The normalized spacial score (nSPS) is 11.1. The number of benzene rings is 2. The fourth-order valence-electron chi connectivity index (χ4n) is 2.66. The Bertz CT molecular complexity index is 904. The van der Waals surface area contributed by atoms with Crippen molar-refractivity contribution in [2.45, 2.75) is 26.9 Å². The fraction of sp³-hybridized carbons (Fsp3) is 0.286. The van der Waals surface area contributed by atoms with E-state index in [9.17, 15) is 4.79 Å². The van der Waals surface area contributed by atoms with Gasteiger partial charge in [0, 0.05) is 12.2 Å². The predicted octanol–water partition coefficient (Wildman–Crippen LogP) is 3.60. The molecule has 6 nitrogen and oxygen atoms in total. The molecule has 3 rings (SSSR count). The van der Waals surface area contributed by atoms with Crippen LogP contribution in [0.25, 0.3) is 17.1 Å². The van der Waals surface area contributed by atoms with Crippen molar-refractivity contribution in [3.63, 3.8) is 0 Å². The van der Waals surface area contributed by atoms with E-state index in [0.717, 1.165) is 29.8 Å². The van der Waals surface area contributed by atoms with Crippen LogP contribution in [0.1, 0.15) is 36.5 Å². The minimum absolute atomic E-state index is 0.00700. The van der Waals surface area contributed by atoms with E-state index in [1.54, 1.807) is 4.68 Å². The van der Waals surface area contributed by atoms with E-state index >= 15 is 0 Å². The number of carbonyl (C=O) groups is 1. The van der Waals surface area contributed by atoms with Crippen molar-refractivity contribution in [3.05, 3.63) is 66.0 Å². The lowest BCUT2D eigenvalue weighted by Crippen LogP contribution is -2.13. The van der Waals surface area contributed by atoms with Crippen molar-refractivity contribution >= 4 is 5.91 Å². The third kappa shape index (κ3) is 4.80. The Morgan fingerprint density at radius 2 is 1.93 bits per heavy atom. The summed E-state index contributed by atoms with van der Waals surface area (Å²) in [6.07, 6.45) is 1.03. The highest BCUT2D eigenvalue weighted by atomic mass is 16.5. The third-order valence-electron chi connectivity index (χ3n) is 4.12. The number of nitrogens with zero attached hydrogens (tertiary/aromatic N) is 3. The van der Waals surface area contributed by atoms with Crippen molar-refractivity contribution in [2.75, 3.05) is 6.61 Å². The van der Waals surface area contributed by atoms with Gasteiger partial charge in [0.05, 0.1) is 12.3 Å². The summed E-state index contributed by atoms with van der Waals surface area (Å²) in [4.78, 5) is 15.9. The molecular weight excluding hydrogens is 340 g/mol. The zero-order chi connectivity index (χ0) is 19.2. The van der Waals surface area contributed by atoms with E-state index in [1.165, 1.54) is 0 Å². The van der Waals surface area contributed by atoms with Crippen LogP contribution in [0.3, 0.4) is 0 Å². The lowest BCUT2D eigenvalue weighted by molar-refractivity contribution is 0.0990. The van der Waals surface area contributed by atoms with E-state index in [-0.39, 0.29) is 5.82 Å². The molecule has 1 aromatic heterocycles. The zero-order valence-corrected chi connectivity index (χ0v) is 15.6. The maximum Gasteiger partial charge on any atom is 0.288 e. The molecule has 0 bridgehead atoms. The van der Waals surface area contributed by atoms with E-state index in [4.69, 9.17) is 10.5 Å². The lowest BCUT2D eigenvalue weighted by Gasteiger charge is -2.09. The molecule has 2 N–H and O–H groups in total. The van der Waals surface area contributed by atoms with Crippen LogP contribution >= 0.6 is 0 Å². The monoisotopic (exact) mass is 364 g/mol. The number of aromatic nitrogens is 3. The largest absolute Gasteiger partial charge is 0.377 e. The van der Waals surface area contributed by atoms with Gasteiger partial charge >= 0.3 is 0 Å². The molecule has 140 valence electrons. The Morgan fingerprint density at radius 3 is 2.63 bits per heavy atom. The molecule has 3 aromatic rings. The van der Waals surface area contributed by atoms with Crippen LogP contribution in [-0.4, -0.2) is 27.3 Å². The molecule has 0 aliphatic carbocycles. The summed E-state index contributed by atoms with van der Waals surface area (Å²) in [5.41, 5.74) is 8.09. The van der Waals surface area contributed by atoms with E-state index < -0.39 is 5.91 Å². The number of hydrogen-bond donors (Lipinski definition) is 1. The Morgan fingerprint density at radius 1 is 1.15 bits per heavy atom. The Kier molecular flexibility index (Phi) is 5.98. The Hall–Kier alpha value is -2.99. The van der Waals surface area contributed by atoms with Crippen LogP contribution < -0.4 is 5.73 Å². The minimum atomic E-state index is -0.654. The first kappa shape index (κ1) is 18.8. The first-order valence-corrected chi connectivity index (χ1v) is 9.04. The molecule has 0 aliphatic rings. The molecule has 0 atom stereocenters. The zero-order valence-electron chi connectivity index (χ0n) is 15.6. The molecule has 0 radical (unpaired) electrons. The summed E-state index contributed by atoms with van der Waals surface area (Å²) >= 11 is 0. The summed E-state index contributed by atoms with van der Waals surface area (Å²) in [7, 11) is 0. The number of ether oxygens (including phenoxy) is 1. The topological polar surface area (TPSA) is 83.0 Å². The number of carbonyl (C=O) groups excluding carboxylic acids is 1. The molecule has 0 fully saturated rings. The van der Waals surface area contributed by atoms with Gasteiger partial charge in [0.2, 0.25) is 5.82 Å². The van der Waals surface area contributed by atoms with Gasteiger partial charge in [0.1, 0.15) is 0 Å². The molecule has 0 saturated heterocycles. The van der Waals surface area contributed by atoms with Crippen molar-refractivity contribution in [1.82, 2.24) is 14.8 Å². The highest BCUT2D eigenvalue weighted by Crippen LogP contribution is 2.22. The van der Waals surface area contributed by atoms with Gasteiger partial charge in [-0.3, -0.25) is 4.79 Å². The molecular formula is C21H24N4O2. The van der Waals surface area contributed by atoms with Crippen LogP contribution in [0.4, 0.5) is 0 Å². The molecule has 1 amide bonds. The molecule has 2 aromatic carbocycles. The summed E-state index contributed by atoms with van der Waals surface area (Å²) in [6.45, 7) is 5.61. The van der Waals surface area contributed by atoms with Crippen LogP contribution in [-0.2, 0) is 11.3 Å². The molecule has 1 heterocycles. The average molecular weight is 364 g/mol. The van der Waals surface area contributed by atoms with Gasteiger partial charge < -0.3 is 10.5 Å². The highest BCUT2D eigenvalue weighted by Gasteiger charge is 2.16. The van der Waals surface area contributed by atoms with E-state index in [1.807, 2.05) is 54.6 Å². The second kappa shape index (κ2) is 8.60. The number of rotatable bonds is 8. The molecule has 6 heteroatoms. The van der Waals surface area contributed by atoms with Gasteiger partial charge in [-0.05, 0) is 30.0 Å². The first-order valence-electron chi connectivity index (χ1n) is 9.04. The maximum absolute atomic E-state index is 11.6. The van der Waals surface area contributed by atoms with Crippen LogP contribution in [0, 0.1) is 5.92 Å². The Balaban J connectivity index is 1.89. The molecule has 0 unspecified atom stereocenters. The van der Waals surface area contributed by atoms with E-state index in [2.05, 4.69) is 23.9 Å². The predicted molar refractivity (Wildman–Crippen MR) is 104 cm³/mol. The molecule has 27 heavy (non-hydrogen) atoms. The quantitative estimate of drug-likeness (QED) is 0.619. The first-order chi connectivity index (χ1) is 13.0. The number of hydrogen-bond acceptors (Lipinski definition) is 4. The molecule has 0 spiro atoms. The number of amides is 1. The highest BCUT2D eigenvalue weighted by molar-refractivity contribution is 5.89. The number of primary amides is 1. The SMILES string of the molecule is CC(C)CCOCc1cccc(-n2nc(C(N)=O)nc2-c2ccccc2)c1. The average Bonchev–Trinajstić information content (AvgIpc) is 3.12. The second-order valence-corrected chi connectivity index (χ2v) is 6.81. The fourth-order valence-corrected chi connectivity index (χ4v) is 2.66. The maximum atomic E-state index is 11.6. The van der Waals surface area contributed by atoms with Gasteiger partial charge in [-0.2, -0.15) is 0 Å². The second-order valence-electron chi connectivity index (χ2n) is 6.81. The van der Waals surface area contributed by atoms with Crippen molar-refractivity contribution in [2.24, 2.45) is 11.7 Å². The van der Waals surface area contributed by atoms with Crippen molar-refractivity contribution in [3.8, 4) is 17.1 Å². The summed E-state index contributed by atoms with van der Waals surface area (Å²) in [5.74, 6) is 0.529. The van der Waals surface area contributed by atoms with Gasteiger partial charge in [-0.25, -0.2) is 9.67 Å². The summed E-state index contributed by atoms with van der Waals surface area (Å²) in [6, 6.07) is 17.5. The Labute approximate surface area is 159 Å². The summed E-state index contributed by atoms with van der Waals surface area (Å²) in [5, 5.41) is 4.31. The van der Waals surface area contributed by atoms with Crippen molar-refractivity contribution in [1.29, 1.82) is 0 Å². The smallest absolute Gasteiger partial charge is 0.288 e. The van der Waals surface area contributed by atoms with Gasteiger partial charge in [0.15, 0.2) is 5.82 Å². The van der Waals surface area contributed by atoms with Crippen LogP contribution in [0.2, 0.25) is 0 Å². The molecule has 0 saturated carbocycles. The minimum Gasteiger partial charge on any atom is -0.377 e.